The molecule has 0 saturated heterocycles. The van der Waals surface area contributed by atoms with E-state index in [0.29, 0.717) is 23.1 Å². The smallest absolute Gasteiger partial charge is 0.261 e. The van der Waals surface area contributed by atoms with Gasteiger partial charge < -0.3 is 4.90 Å². The molecule has 2 rings (SSSR count). The summed E-state index contributed by atoms with van der Waals surface area (Å²) in [5, 5.41) is 0.621. The predicted molar refractivity (Wildman–Crippen MR) is 115 cm³/mol. The van der Waals surface area contributed by atoms with Crippen LogP contribution in [-0.4, -0.2) is 26.9 Å². The standard InChI is InChI=1S/C23H35N3O2/c1-5-8-10-13-17-26(21(27)16-9-6-2)20(7-3)22-24-19-15-12-11-14-18(19)23(28)25(22)4/h11-12,14-15,20H,5-10,13,16-17H2,1-4H3/t20-/m0/s1. The summed E-state index contributed by atoms with van der Waals surface area (Å²) in [6.07, 6.45) is 7.65. The number of nitrogens with zero attached hydrogens (tertiary/aromatic N) is 3. The Morgan fingerprint density at radius 3 is 2.46 bits per heavy atom. The molecule has 1 aromatic carbocycles. The molecular weight excluding hydrogens is 350 g/mol. The van der Waals surface area contributed by atoms with Crippen LogP contribution in [0.3, 0.4) is 0 Å². The van der Waals surface area contributed by atoms with Gasteiger partial charge in [-0.05, 0) is 31.4 Å². The van der Waals surface area contributed by atoms with Crippen LogP contribution in [0.25, 0.3) is 10.9 Å². The van der Waals surface area contributed by atoms with Crippen LogP contribution in [0, 0.1) is 0 Å². The van der Waals surface area contributed by atoms with E-state index in [9.17, 15) is 9.59 Å². The first-order valence-corrected chi connectivity index (χ1v) is 10.8. The van der Waals surface area contributed by atoms with Gasteiger partial charge in [0.05, 0.1) is 16.9 Å². The number of unbranched alkanes of at least 4 members (excludes halogenated alkanes) is 4. The second-order valence-corrected chi connectivity index (χ2v) is 7.53. The summed E-state index contributed by atoms with van der Waals surface area (Å²) in [5.74, 6) is 0.860. The molecule has 0 aliphatic rings. The van der Waals surface area contributed by atoms with Crippen LogP contribution in [0.5, 0.6) is 0 Å². The number of hydrogen-bond acceptors (Lipinski definition) is 3. The lowest BCUT2D eigenvalue weighted by Crippen LogP contribution is -2.38. The average Bonchev–Trinajstić information content (AvgIpc) is 2.71. The first-order valence-electron chi connectivity index (χ1n) is 10.8. The highest BCUT2D eigenvalue weighted by Crippen LogP contribution is 2.25. The molecule has 0 fully saturated rings. The van der Waals surface area contributed by atoms with Crippen molar-refractivity contribution in [2.75, 3.05) is 6.54 Å². The SMILES string of the molecule is CCCCCCN(C(=O)CCCC)[C@@H](CC)c1nc2ccccc2c(=O)n1C. The van der Waals surface area contributed by atoms with E-state index in [1.807, 2.05) is 29.2 Å². The highest BCUT2D eigenvalue weighted by atomic mass is 16.2. The monoisotopic (exact) mass is 385 g/mol. The Morgan fingerprint density at radius 2 is 1.79 bits per heavy atom. The third-order valence-corrected chi connectivity index (χ3v) is 5.40. The fourth-order valence-corrected chi connectivity index (χ4v) is 3.71. The average molecular weight is 386 g/mol. The molecule has 0 spiro atoms. The van der Waals surface area contributed by atoms with E-state index in [-0.39, 0.29) is 17.5 Å². The fourth-order valence-electron chi connectivity index (χ4n) is 3.71. The van der Waals surface area contributed by atoms with Gasteiger partial charge in [-0.2, -0.15) is 0 Å². The van der Waals surface area contributed by atoms with Crippen LogP contribution in [0.1, 0.15) is 84.0 Å². The summed E-state index contributed by atoms with van der Waals surface area (Å²) in [6.45, 7) is 7.08. The van der Waals surface area contributed by atoms with E-state index in [4.69, 9.17) is 4.98 Å². The second-order valence-electron chi connectivity index (χ2n) is 7.53. The van der Waals surface area contributed by atoms with Crippen LogP contribution in [-0.2, 0) is 11.8 Å². The van der Waals surface area contributed by atoms with Crippen LogP contribution >= 0.6 is 0 Å². The van der Waals surface area contributed by atoms with Gasteiger partial charge >= 0.3 is 0 Å². The first kappa shape index (κ1) is 22.1. The van der Waals surface area contributed by atoms with Crippen molar-refractivity contribution in [3.05, 3.63) is 40.4 Å². The molecule has 0 unspecified atom stereocenters. The van der Waals surface area contributed by atoms with Gasteiger partial charge in [0.25, 0.3) is 5.56 Å². The summed E-state index contributed by atoms with van der Waals surface area (Å²) in [7, 11) is 1.77. The van der Waals surface area contributed by atoms with Crippen molar-refractivity contribution in [3.63, 3.8) is 0 Å². The topological polar surface area (TPSA) is 55.2 Å². The first-order chi connectivity index (χ1) is 13.5. The van der Waals surface area contributed by atoms with Gasteiger partial charge in [0.2, 0.25) is 5.91 Å². The van der Waals surface area contributed by atoms with E-state index < -0.39 is 0 Å². The second kappa shape index (κ2) is 11.0. The van der Waals surface area contributed by atoms with E-state index >= 15 is 0 Å². The molecule has 5 heteroatoms. The molecule has 0 bridgehead atoms. The number of rotatable bonds is 11. The van der Waals surface area contributed by atoms with Crippen molar-refractivity contribution in [3.8, 4) is 0 Å². The Kier molecular flexibility index (Phi) is 8.68. The summed E-state index contributed by atoms with van der Waals surface area (Å²) in [4.78, 5) is 32.6. The molecule has 5 nitrogen and oxygen atoms in total. The molecule has 28 heavy (non-hydrogen) atoms. The third kappa shape index (κ3) is 5.21. The summed E-state index contributed by atoms with van der Waals surface area (Å²) in [6, 6.07) is 7.26. The third-order valence-electron chi connectivity index (χ3n) is 5.40. The molecule has 0 radical (unpaired) electrons. The number of carbonyl (C=O) groups excluding carboxylic acids is 1. The summed E-state index contributed by atoms with van der Waals surface area (Å²) >= 11 is 0. The Morgan fingerprint density at radius 1 is 1.07 bits per heavy atom. The molecule has 154 valence electrons. The molecule has 0 saturated carbocycles. The fraction of sp³-hybridized carbons (Fsp3) is 0.609. The number of aromatic nitrogens is 2. The Labute approximate surface area is 168 Å². The number of para-hydroxylation sites is 1. The number of amides is 1. The van der Waals surface area contributed by atoms with Crippen molar-refractivity contribution in [2.24, 2.45) is 7.05 Å². The lowest BCUT2D eigenvalue weighted by molar-refractivity contribution is -0.134. The zero-order valence-corrected chi connectivity index (χ0v) is 17.9. The summed E-state index contributed by atoms with van der Waals surface area (Å²) < 4.78 is 1.63. The number of carbonyl (C=O) groups is 1. The van der Waals surface area contributed by atoms with E-state index in [2.05, 4.69) is 20.8 Å². The zero-order valence-electron chi connectivity index (χ0n) is 17.9. The molecule has 2 aromatic rings. The van der Waals surface area contributed by atoms with Gasteiger partial charge in [-0.15, -0.1) is 0 Å². The maximum absolute atomic E-state index is 13.0. The number of fused-ring (bicyclic) bond motifs is 1. The summed E-state index contributed by atoms with van der Waals surface area (Å²) in [5.41, 5.74) is 0.650. The Balaban J connectivity index is 2.41. The van der Waals surface area contributed by atoms with Gasteiger partial charge in [0, 0.05) is 20.0 Å². The van der Waals surface area contributed by atoms with Gasteiger partial charge in [-0.3, -0.25) is 14.2 Å². The molecule has 1 heterocycles. The molecule has 0 aliphatic heterocycles. The van der Waals surface area contributed by atoms with E-state index in [1.54, 1.807) is 11.6 Å². The van der Waals surface area contributed by atoms with Crippen LogP contribution in [0.4, 0.5) is 0 Å². The van der Waals surface area contributed by atoms with Crippen molar-refractivity contribution in [1.82, 2.24) is 14.5 Å². The van der Waals surface area contributed by atoms with Crippen molar-refractivity contribution in [1.29, 1.82) is 0 Å². The number of hydrogen-bond donors (Lipinski definition) is 0. The highest BCUT2D eigenvalue weighted by Gasteiger charge is 2.27. The highest BCUT2D eigenvalue weighted by molar-refractivity contribution is 5.78. The molecule has 1 atom stereocenters. The minimum atomic E-state index is -0.173. The molecular formula is C23H35N3O2. The van der Waals surface area contributed by atoms with Gasteiger partial charge in [0.1, 0.15) is 5.82 Å². The van der Waals surface area contributed by atoms with Gasteiger partial charge in [-0.25, -0.2) is 4.98 Å². The molecule has 1 aromatic heterocycles. The van der Waals surface area contributed by atoms with E-state index in [1.165, 1.54) is 12.8 Å². The Hall–Kier alpha value is -2.17. The van der Waals surface area contributed by atoms with Crippen LogP contribution < -0.4 is 5.56 Å². The quantitative estimate of drug-likeness (QED) is 0.512. The molecule has 1 amide bonds. The zero-order chi connectivity index (χ0) is 20.5. The van der Waals surface area contributed by atoms with Crippen molar-refractivity contribution in [2.45, 2.75) is 78.2 Å². The predicted octanol–water partition coefficient (Wildman–Crippen LogP) is 4.98. The maximum Gasteiger partial charge on any atom is 0.261 e. The largest absolute Gasteiger partial charge is 0.333 e. The normalized spacial score (nSPS) is 12.3. The molecule has 0 aliphatic carbocycles. The van der Waals surface area contributed by atoms with Crippen molar-refractivity contribution < 1.29 is 4.79 Å². The van der Waals surface area contributed by atoms with Gasteiger partial charge in [0.15, 0.2) is 0 Å². The molecule has 0 N–H and O–H groups in total. The number of benzene rings is 1. The lowest BCUT2D eigenvalue weighted by Gasteiger charge is -2.32. The minimum Gasteiger partial charge on any atom is -0.333 e. The van der Waals surface area contributed by atoms with E-state index in [0.717, 1.165) is 38.6 Å². The van der Waals surface area contributed by atoms with Crippen molar-refractivity contribution >= 4 is 16.8 Å². The maximum atomic E-state index is 13.0. The van der Waals surface area contributed by atoms with Crippen LogP contribution in [0.2, 0.25) is 0 Å². The Bertz CT molecular complexity index is 828. The van der Waals surface area contributed by atoms with Gasteiger partial charge in [-0.1, -0.05) is 58.6 Å². The minimum absolute atomic E-state index is 0.0500. The lowest BCUT2D eigenvalue weighted by atomic mass is 10.1. The van der Waals surface area contributed by atoms with Crippen LogP contribution in [0.15, 0.2) is 29.1 Å².